The zero-order valence-corrected chi connectivity index (χ0v) is 10.9. The maximum atomic E-state index is 11.1. The van der Waals surface area contributed by atoms with Crippen LogP contribution in [0, 0.1) is 11.8 Å². The van der Waals surface area contributed by atoms with Crippen molar-refractivity contribution in [2.24, 2.45) is 17.6 Å². The fourth-order valence-electron chi connectivity index (χ4n) is 3.33. The molecule has 98 valence electrons. The summed E-state index contributed by atoms with van der Waals surface area (Å²) < 4.78 is 0. The Morgan fingerprint density at radius 2 is 1.53 bits per heavy atom. The van der Waals surface area contributed by atoms with Crippen molar-refractivity contribution in [3.05, 3.63) is 0 Å². The molecule has 2 aliphatic heterocycles. The molecule has 0 aromatic rings. The standard InChI is InChI=1S/C13H25N3O/c1-2-15-7-3-11(4-8-15)12-5-9-16(10-6-12)13(14)17/h11-12H,2-10H2,1H3,(H2,14,17). The van der Waals surface area contributed by atoms with Gasteiger partial charge in [0.2, 0.25) is 0 Å². The molecule has 2 aliphatic rings. The molecule has 0 aromatic heterocycles. The Morgan fingerprint density at radius 3 is 1.94 bits per heavy atom. The van der Waals surface area contributed by atoms with E-state index in [0.717, 1.165) is 37.8 Å². The molecular weight excluding hydrogens is 214 g/mol. The lowest BCUT2D eigenvalue weighted by Gasteiger charge is -2.39. The van der Waals surface area contributed by atoms with Crippen molar-refractivity contribution in [1.82, 2.24) is 9.80 Å². The average Bonchev–Trinajstić information content (AvgIpc) is 2.39. The molecule has 4 heteroatoms. The second kappa shape index (κ2) is 5.71. The number of hydrogen-bond donors (Lipinski definition) is 1. The highest BCUT2D eigenvalue weighted by Crippen LogP contribution is 2.32. The van der Waals surface area contributed by atoms with Gasteiger partial charge in [0, 0.05) is 13.1 Å². The first kappa shape index (κ1) is 12.7. The third kappa shape index (κ3) is 3.12. The lowest BCUT2D eigenvalue weighted by Crippen LogP contribution is -2.44. The van der Waals surface area contributed by atoms with Gasteiger partial charge in [-0.3, -0.25) is 0 Å². The fraction of sp³-hybridized carbons (Fsp3) is 0.923. The number of carbonyl (C=O) groups excluding carboxylic acids is 1. The van der Waals surface area contributed by atoms with Crippen molar-refractivity contribution in [2.45, 2.75) is 32.6 Å². The molecule has 2 fully saturated rings. The topological polar surface area (TPSA) is 49.6 Å². The number of likely N-dealkylation sites (tertiary alicyclic amines) is 2. The van der Waals surface area contributed by atoms with E-state index in [1.54, 1.807) is 4.90 Å². The van der Waals surface area contributed by atoms with Crippen LogP contribution >= 0.6 is 0 Å². The smallest absolute Gasteiger partial charge is 0.314 e. The fourth-order valence-corrected chi connectivity index (χ4v) is 3.33. The maximum absolute atomic E-state index is 11.1. The van der Waals surface area contributed by atoms with Gasteiger partial charge >= 0.3 is 6.03 Å². The largest absolute Gasteiger partial charge is 0.351 e. The van der Waals surface area contributed by atoms with Crippen molar-refractivity contribution < 1.29 is 4.79 Å². The molecule has 0 bridgehead atoms. The van der Waals surface area contributed by atoms with Gasteiger partial charge in [0.05, 0.1) is 0 Å². The summed E-state index contributed by atoms with van der Waals surface area (Å²) in [5, 5.41) is 0. The Morgan fingerprint density at radius 1 is 1.06 bits per heavy atom. The Labute approximate surface area is 104 Å². The average molecular weight is 239 g/mol. The lowest BCUT2D eigenvalue weighted by atomic mass is 9.79. The summed E-state index contributed by atoms with van der Waals surface area (Å²) in [7, 11) is 0. The van der Waals surface area contributed by atoms with E-state index < -0.39 is 0 Å². The van der Waals surface area contributed by atoms with Gasteiger partial charge in [-0.15, -0.1) is 0 Å². The summed E-state index contributed by atoms with van der Waals surface area (Å²) in [6.07, 6.45) is 4.99. The summed E-state index contributed by atoms with van der Waals surface area (Å²) in [5.74, 6) is 1.71. The number of nitrogens with two attached hydrogens (primary N) is 1. The minimum atomic E-state index is -0.246. The molecule has 0 unspecified atom stereocenters. The molecule has 0 spiro atoms. The highest BCUT2D eigenvalue weighted by atomic mass is 16.2. The highest BCUT2D eigenvalue weighted by Gasteiger charge is 2.29. The Kier molecular flexibility index (Phi) is 4.26. The van der Waals surface area contributed by atoms with Gasteiger partial charge in [0.25, 0.3) is 0 Å². The van der Waals surface area contributed by atoms with E-state index in [1.807, 2.05) is 0 Å². The van der Waals surface area contributed by atoms with Crippen LogP contribution in [0.3, 0.4) is 0 Å². The Bertz CT molecular complexity index is 253. The zero-order chi connectivity index (χ0) is 12.3. The van der Waals surface area contributed by atoms with Crippen molar-refractivity contribution in [3.8, 4) is 0 Å². The van der Waals surface area contributed by atoms with Gasteiger partial charge < -0.3 is 15.5 Å². The predicted molar refractivity (Wildman–Crippen MR) is 68.7 cm³/mol. The van der Waals surface area contributed by atoms with Gasteiger partial charge in [-0.05, 0) is 57.2 Å². The van der Waals surface area contributed by atoms with Crippen molar-refractivity contribution >= 4 is 6.03 Å². The highest BCUT2D eigenvalue weighted by molar-refractivity contribution is 5.72. The summed E-state index contributed by atoms with van der Waals surface area (Å²) in [5.41, 5.74) is 5.31. The molecule has 0 aromatic carbocycles. The molecule has 0 aliphatic carbocycles. The van der Waals surface area contributed by atoms with Gasteiger partial charge in [-0.25, -0.2) is 4.79 Å². The molecule has 2 saturated heterocycles. The summed E-state index contributed by atoms with van der Waals surface area (Å²) in [4.78, 5) is 15.4. The molecule has 0 radical (unpaired) electrons. The molecule has 2 rings (SSSR count). The van der Waals surface area contributed by atoms with Crippen LogP contribution in [0.15, 0.2) is 0 Å². The molecule has 0 atom stereocenters. The number of rotatable bonds is 2. The number of primary amides is 1. The van der Waals surface area contributed by atoms with Crippen LogP contribution in [0.2, 0.25) is 0 Å². The van der Waals surface area contributed by atoms with Crippen LogP contribution in [0.25, 0.3) is 0 Å². The van der Waals surface area contributed by atoms with Crippen molar-refractivity contribution in [3.63, 3.8) is 0 Å². The van der Waals surface area contributed by atoms with Crippen LogP contribution in [-0.2, 0) is 0 Å². The quantitative estimate of drug-likeness (QED) is 0.794. The Balaban J connectivity index is 1.76. The van der Waals surface area contributed by atoms with Gasteiger partial charge in [0.1, 0.15) is 0 Å². The van der Waals surface area contributed by atoms with Crippen LogP contribution in [0.4, 0.5) is 4.79 Å². The molecule has 0 saturated carbocycles. The van der Waals surface area contributed by atoms with E-state index in [9.17, 15) is 4.79 Å². The molecule has 2 N–H and O–H groups in total. The normalized spacial score (nSPS) is 25.1. The zero-order valence-electron chi connectivity index (χ0n) is 10.9. The Hall–Kier alpha value is -0.770. The molecular formula is C13H25N3O. The van der Waals surface area contributed by atoms with Crippen LogP contribution in [0.5, 0.6) is 0 Å². The first-order chi connectivity index (χ1) is 8.20. The first-order valence-corrected chi connectivity index (χ1v) is 6.97. The summed E-state index contributed by atoms with van der Waals surface area (Å²) in [6, 6.07) is -0.246. The van der Waals surface area contributed by atoms with E-state index >= 15 is 0 Å². The van der Waals surface area contributed by atoms with Crippen LogP contribution < -0.4 is 5.73 Å². The minimum absolute atomic E-state index is 0.246. The number of hydrogen-bond acceptors (Lipinski definition) is 2. The van der Waals surface area contributed by atoms with Crippen molar-refractivity contribution in [2.75, 3.05) is 32.7 Å². The number of urea groups is 1. The minimum Gasteiger partial charge on any atom is -0.351 e. The molecule has 2 amide bonds. The molecule has 2 heterocycles. The SMILES string of the molecule is CCN1CCC(C2CCN(C(N)=O)CC2)CC1. The van der Waals surface area contributed by atoms with Crippen molar-refractivity contribution in [1.29, 1.82) is 0 Å². The van der Waals surface area contributed by atoms with E-state index in [2.05, 4.69) is 11.8 Å². The number of amides is 2. The van der Waals surface area contributed by atoms with Gasteiger partial charge in [0.15, 0.2) is 0 Å². The van der Waals surface area contributed by atoms with Gasteiger partial charge in [-0.2, -0.15) is 0 Å². The van der Waals surface area contributed by atoms with E-state index in [0.29, 0.717) is 0 Å². The second-order valence-corrected chi connectivity index (χ2v) is 5.43. The predicted octanol–water partition coefficient (Wildman–Crippen LogP) is 1.51. The number of carbonyl (C=O) groups is 1. The van der Waals surface area contributed by atoms with Gasteiger partial charge in [-0.1, -0.05) is 6.92 Å². The lowest BCUT2D eigenvalue weighted by molar-refractivity contribution is 0.108. The first-order valence-electron chi connectivity index (χ1n) is 6.97. The summed E-state index contributed by atoms with van der Waals surface area (Å²) in [6.45, 7) is 7.69. The van der Waals surface area contributed by atoms with Crippen LogP contribution in [0.1, 0.15) is 32.6 Å². The molecule has 4 nitrogen and oxygen atoms in total. The van der Waals surface area contributed by atoms with E-state index in [-0.39, 0.29) is 6.03 Å². The monoisotopic (exact) mass is 239 g/mol. The van der Waals surface area contributed by atoms with Crippen LogP contribution in [-0.4, -0.2) is 48.6 Å². The summed E-state index contributed by atoms with van der Waals surface area (Å²) >= 11 is 0. The third-order valence-corrected chi connectivity index (χ3v) is 4.60. The molecule has 17 heavy (non-hydrogen) atoms. The van der Waals surface area contributed by atoms with E-state index in [4.69, 9.17) is 5.73 Å². The third-order valence-electron chi connectivity index (χ3n) is 4.60. The number of piperidine rings is 2. The number of nitrogens with zero attached hydrogens (tertiary/aromatic N) is 2. The van der Waals surface area contributed by atoms with E-state index in [1.165, 1.54) is 32.5 Å². The maximum Gasteiger partial charge on any atom is 0.314 e. The second-order valence-electron chi connectivity index (χ2n) is 5.43.